The SMILES string of the molecule is CC(C)COC(=O)/C=C/[C@H]1CC[C@@]2(O)[C@@H]3CC[C@H]4C[C@@H](O[C@@H]5O[C@H](CO)[C@@H](O)[C@H](O)[C@H]5O)CC[C@]4(C)[C@H]3CC[C@]12C. The summed E-state index contributed by atoms with van der Waals surface area (Å²) in [7, 11) is 0. The van der Waals surface area contributed by atoms with Crippen molar-refractivity contribution < 1.29 is 44.5 Å². The third kappa shape index (κ3) is 5.42. The van der Waals surface area contributed by atoms with E-state index in [0.29, 0.717) is 24.4 Å². The molecule has 0 radical (unpaired) electrons. The van der Waals surface area contributed by atoms with Crippen molar-refractivity contribution in [2.75, 3.05) is 13.2 Å². The van der Waals surface area contributed by atoms with Crippen LogP contribution in [0.5, 0.6) is 0 Å². The number of fused-ring (bicyclic) bond motifs is 5. The molecule has 1 aliphatic heterocycles. The molecule has 0 aromatic carbocycles. The van der Waals surface area contributed by atoms with E-state index in [9.17, 15) is 30.3 Å². The predicted octanol–water partition coefficient (Wildman–Crippen LogP) is 2.70. The molecule has 0 amide bonds. The summed E-state index contributed by atoms with van der Waals surface area (Å²) in [5.74, 6) is 1.18. The minimum absolute atomic E-state index is 0.0732. The predicted molar refractivity (Wildman–Crippen MR) is 150 cm³/mol. The fourth-order valence-electron chi connectivity index (χ4n) is 9.52. The fraction of sp³-hybridized carbons (Fsp3) is 0.906. The second kappa shape index (κ2) is 11.8. The molecule has 5 rings (SSSR count). The molecule has 4 aliphatic carbocycles. The first-order valence-corrected chi connectivity index (χ1v) is 15.9. The summed E-state index contributed by atoms with van der Waals surface area (Å²) in [5, 5.41) is 52.7. The number of ether oxygens (including phenoxy) is 3. The lowest BCUT2D eigenvalue weighted by molar-refractivity contribution is -0.317. The molecule has 9 nitrogen and oxygen atoms in total. The van der Waals surface area contributed by atoms with Crippen LogP contribution in [-0.2, 0) is 19.0 Å². The van der Waals surface area contributed by atoms with E-state index in [4.69, 9.17) is 14.2 Å². The Morgan fingerprint density at radius 1 is 0.976 bits per heavy atom. The largest absolute Gasteiger partial charge is 0.462 e. The van der Waals surface area contributed by atoms with Crippen LogP contribution in [0.4, 0.5) is 0 Å². The summed E-state index contributed by atoms with van der Waals surface area (Å²) in [6.45, 7) is 8.59. The molecule has 5 fully saturated rings. The highest BCUT2D eigenvalue weighted by Crippen LogP contribution is 2.69. The summed E-state index contributed by atoms with van der Waals surface area (Å²) in [4.78, 5) is 12.3. The highest BCUT2D eigenvalue weighted by molar-refractivity contribution is 5.81. The van der Waals surface area contributed by atoms with Crippen molar-refractivity contribution >= 4 is 5.97 Å². The molecule has 234 valence electrons. The van der Waals surface area contributed by atoms with Gasteiger partial charge in [0.2, 0.25) is 0 Å². The molecule has 1 heterocycles. The maximum atomic E-state index is 12.4. The Kier molecular flexibility index (Phi) is 9.02. The van der Waals surface area contributed by atoms with E-state index in [1.54, 1.807) is 6.08 Å². The van der Waals surface area contributed by atoms with Crippen molar-refractivity contribution in [1.82, 2.24) is 0 Å². The summed E-state index contributed by atoms with van der Waals surface area (Å²) in [5.41, 5.74) is -0.955. The van der Waals surface area contributed by atoms with E-state index in [1.807, 2.05) is 19.9 Å². The summed E-state index contributed by atoms with van der Waals surface area (Å²) >= 11 is 0. The Balaban J connectivity index is 1.24. The van der Waals surface area contributed by atoms with Gasteiger partial charge in [0.05, 0.1) is 24.9 Å². The number of esters is 1. The van der Waals surface area contributed by atoms with Crippen LogP contribution < -0.4 is 0 Å². The molecular weight excluding hydrogens is 528 g/mol. The number of hydrogen-bond donors (Lipinski definition) is 5. The number of rotatable bonds is 7. The molecule has 41 heavy (non-hydrogen) atoms. The van der Waals surface area contributed by atoms with E-state index < -0.39 is 42.9 Å². The maximum Gasteiger partial charge on any atom is 0.330 e. The van der Waals surface area contributed by atoms with E-state index >= 15 is 0 Å². The van der Waals surface area contributed by atoms with Gasteiger partial charge < -0.3 is 39.7 Å². The smallest absolute Gasteiger partial charge is 0.330 e. The molecule has 9 heteroatoms. The molecule has 0 spiro atoms. The quantitative estimate of drug-likeness (QED) is 0.174. The van der Waals surface area contributed by atoms with E-state index in [0.717, 1.165) is 57.8 Å². The van der Waals surface area contributed by atoms with Crippen molar-refractivity contribution in [1.29, 1.82) is 0 Å². The lowest BCUT2D eigenvalue weighted by atomic mass is 9.43. The Morgan fingerprint density at radius 2 is 1.73 bits per heavy atom. The van der Waals surface area contributed by atoms with E-state index in [1.165, 1.54) is 0 Å². The molecule has 0 aromatic heterocycles. The Hall–Kier alpha value is -1.07. The van der Waals surface area contributed by atoms with Gasteiger partial charge in [-0.05, 0) is 92.8 Å². The Morgan fingerprint density at radius 3 is 2.44 bits per heavy atom. The average molecular weight is 581 g/mol. The van der Waals surface area contributed by atoms with Gasteiger partial charge in [-0.2, -0.15) is 0 Å². The molecule has 0 bridgehead atoms. The molecule has 0 unspecified atom stereocenters. The van der Waals surface area contributed by atoms with Crippen molar-refractivity contribution in [3.05, 3.63) is 12.2 Å². The number of carbonyl (C=O) groups excluding carboxylic acids is 1. The molecule has 5 aliphatic rings. The van der Waals surface area contributed by atoms with Crippen LogP contribution in [0, 0.1) is 40.4 Å². The molecule has 5 N–H and O–H groups in total. The number of aliphatic hydroxyl groups is 5. The molecule has 4 saturated carbocycles. The van der Waals surface area contributed by atoms with E-state index in [-0.39, 0.29) is 34.7 Å². The van der Waals surface area contributed by atoms with Crippen molar-refractivity contribution in [2.45, 2.75) is 128 Å². The van der Waals surface area contributed by atoms with Gasteiger partial charge in [0.15, 0.2) is 6.29 Å². The topological polar surface area (TPSA) is 146 Å². The molecule has 1 saturated heterocycles. The first-order chi connectivity index (χ1) is 19.3. The lowest BCUT2D eigenvalue weighted by Crippen LogP contribution is -2.62. The minimum atomic E-state index is -1.44. The van der Waals surface area contributed by atoms with Gasteiger partial charge >= 0.3 is 5.97 Å². The van der Waals surface area contributed by atoms with Crippen LogP contribution in [0.1, 0.15) is 85.5 Å². The molecule has 13 atom stereocenters. The third-order valence-electron chi connectivity index (χ3n) is 12.1. The van der Waals surface area contributed by atoms with Crippen LogP contribution in [0.15, 0.2) is 12.2 Å². The van der Waals surface area contributed by atoms with Crippen molar-refractivity contribution in [2.24, 2.45) is 40.4 Å². The first-order valence-electron chi connectivity index (χ1n) is 15.9. The van der Waals surface area contributed by atoms with Crippen LogP contribution in [0.3, 0.4) is 0 Å². The summed E-state index contributed by atoms with van der Waals surface area (Å²) < 4.78 is 17.1. The monoisotopic (exact) mass is 580 g/mol. The van der Waals surface area contributed by atoms with Gasteiger partial charge in [-0.3, -0.25) is 0 Å². The van der Waals surface area contributed by atoms with Gasteiger partial charge in [0, 0.05) is 11.5 Å². The second-order valence-electron chi connectivity index (χ2n) is 14.6. The lowest BCUT2D eigenvalue weighted by Gasteiger charge is -2.63. The number of allylic oxidation sites excluding steroid dienone is 1. The standard InChI is InChI=1S/C32H52O9/c1-18(2)17-39-25(34)8-6-19-9-14-32(38)23-7-5-20-15-21(10-12-30(20,3)22(23)11-13-31(19,32)4)40-29-28(37)27(36)26(35)24(16-33)41-29/h6,8,18-24,26-29,33,35-38H,5,7,9-17H2,1-4H3/b8-6+/t19-,20-,21-,22-,23+,24+,26+,27-,28+,29+,30-,31+,32+/m0/s1. The van der Waals surface area contributed by atoms with Gasteiger partial charge in [-0.1, -0.05) is 33.8 Å². The van der Waals surface area contributed by atoms with Crippen LogP contribution in [-0.4, -0.2) is 87.1 Å². The van der Waals surface area contributed by atoms with Crippen LogP contribution in [0.2, 0.25) is 0 Å². The van der Waals surface area contributed by atoms with Gasteiger partial charge in [0.25, 0.3) is 0 Å². The zero-order valence-corrected chi connectivity index (χ0v) is 25.2. The number of carbonyl (C=O) groups is 1. The third-order valence-corrected chi connectivity index (χ3v) is 12.1. The molecule has 0 aromatic rings. The van der Waals surface area contributed by atoms with Crippen molar-refractivity contribution in [3.8, 4) is 0 Å². The van der Waals surface area contributed by atoms with Gasteiger partial charge in [-0.15, -0.1) is 0 Å². The second-order valence-corrected chi connectivity index (χ2v) is 14.6. The molecular formula is C32H52O9. The summed E-state index contributed by atoms with van der Waals surface area (Å²) in [6.07, 6.45) is 5.21. The van der Waals surface area contributed by atoms with Gasteiger partial charge in [-0.25, -0.2) is 4.79 Å². The Bertz CT molecular complexity index is 969. The minimum Gasteiger partial charge on any atom is -0.462 e. The normalized spacial score (nSPS) is 49.9. The van der Waals surface area contributed by atoms with Crippen LogP contribution in [0.25, 0.3) is 0 Å². The van der Waals surface area contributed by atoms with E-state index in [2.05, 4.69) is 13.8 Å². The zero-order chi connectivity index (χ0) is 29.7. The highest BCUT2D eigenvalue weighted by atomic mass is 16.7. The Labute approximate surface area is 244 Å². The first kappa shape index (κ1) is 31.4. The highest BCUT2D eigenvalue weighted by Gasteiger charge is 2.66. The number of hydrogen-bond acceptors (Lipinski definition) is 9. The van der Waals surface area contributed by atoms with Crippen molar-refractivity contribution in [3.63, 3.8) is 0 Å². The zero-order valence-electron chi connectivity index (χ0n) is 25.2. The van der Waals surface area contributed by atoms with Crippen LogP contribution >= 0.6 is 0 Å². The fourth-order valence-corrected chi connectivity index (χ4v) is 9.52. The maximum absolute atomic E-state index is 12.4. The van der Waals surface area contributed by atoms with Gasteiger partial charge in [0.1, 0.15) is 24.4 Å². The average Bonchev–Trinajstić information content (AvgIpc) is 3.21. The summed E-state index contributed by atoms with van der Waals surface area (Å²) in [6, 6.07) is 0. The number of aliphatic hydroxyl groups excluding tert-OH is 4.